The van der Waals surface area contributed by atoms with Crippen molar-refractivity contribution in [1.29, 1.82) is 0 Å². The van der Waals surface area contributed by atoms with E-state index in [2.05, 4.69) is 0 Å². The maximum Gasteiger partial charge on any atom is 0.248 e. The largest absolute Gasteiger partial charge is 0.393 e. The predicted octanol–water partition coefficient (Wildman–Crippen LogP) is 1.34. The lowest BCUT2D eigenvalue weighted by Crippen LogP contribution is -2.35. The van der Waals surface area contributed by atoms with Crippen LogP contribution in [0, 0.1) is 0 Å². The number of carbonyl (C=O) groups is 1. The van der Waals surface area contributed by atoms with Crippen molar-refractivity contribution in [2.24, 2.45) is 5.73 Å². The third kappa shape index (κ3) is 5.25. The van der Waals surface area contributed by atoms with Crippen LogP contribution >= 0.6 is 12.2 Å². The number of nitrogens with two attached hydrogens (primary N) is 1. The number of carbonyl (C=O) groups excluding carboxylic acids is 1. The monoisotopic (exact) mass is 266 g/mol. The summed E-state index contributed by atoms with van der Waals surface area (Å²) < 4.78 is 4.87. The summed E-state index contributed by atoms with van der Waals surface area (Å²) in [4.78, 5) is 14.0. The molecule has 1 rings (SSSR count). The number of rotatable bonds is 7. The Morgan fingerprint density at radius 2 is 2.06 bits per heavy atom. The van der Waals surface area contributed by atoms with Gasteiger partial charge in [0.15, 0.2) is 0 Å². The van der Waals surface area contributed by atoms with Crippen molar-refractivity contribution in [3.05, 3.63) is 35.9 Å². The minimum atomic E-state index is -0.0578. The molecule has 0 aromatic heterocycles. The number of thiocarbonyl (C=S) groups is 1. The van der Waals surface area contributed by atoms with Gasteiger partial charge >= 0.3 is 0 Å². The highest BCUT2D eigenvalue weighted by Crippen LogP contribution is 2.06. The molecule has 0 saturated carbocycles. The van der Waals surface area contributed by atoms with Gasteiger partial charge in [-0.05, 0) is 5.56 Å². The lowest BCUT2D eigenvalue weighted by Gasteiger charge is -2.22. The zero-order valence-corrected chi connectivity index (χ0v) is 11.3. The molecule has 5 heteroatoms. The normalized spacial score (nSPS) is 10.1. The van der Waals surface area contributed by atoms with Crippen LogP contribution in [0.1, 0.15) is 12.0 Å². The van der Waals surface area contributed by atoms with E-state index in [1.807, 2.05) is 30.3 Å². The van der Waals surface area contributed by atoms with Gasteiger partial charge in [0.1, 0.15) is 6.61 Å². The Morgan fingerprint density at radius 3 is 2.61 bits per heavy atom. The number of nitrogens with zero attached hydrogens (tertiary/aromatic N) is 1. The minimum absolute atomic E-state index is 0.0578. The van der Waals surface area contributed by atoms with E-state index in [0.29, 0.717) is 24.5 Å². The van der Waals surface area contributed by atoms with Crippen LogP contribution in [0.4, 0.5) is 0 Å². The van der Waals surface area contributed by atoms with Gasteiger partial charge in [-0.25, -0.2) is 0 Å². The van der Waals surface area contributed by atoms with Crippen LogP contribution in [0.25, 0.3) is 0 Å². The van der Waals surface area contributed by atoms with Crippen LogP contribution in [0.15, 0.2) is 30.3 Å². The number of ether oxygens (including phenoxy) is 1. The average molecular weight is 266 g/mol. The number of methoxy groups -OCH3 is 1. The van der Waals surface area contributed by atoms with Crippen molar-refractivity contribution in [1.82, 2.24) is 4.90 Å². The summed E-state index contributed by atoms with van der Waals surface area (Å²) in [6, 6.07) is 9.80. The lowest BCUT2D eigenvalue weighted by atomic mass is 10.2. The second kappa shape index (κ2) is 7.79. The van der Waals surface area contributed by atoms with Crippen molar-refractivity contribution < 1.29 is 9.53 Å². The molecule has 1 aromatic rings. The van der Waals surface area contributed by atoms with Gasteiger partial charge in [-0.15, -0.1) is 0 Å². The fraction of sp³-hybridized carbons (Fsp3) is 0.385. The van der Waals surface area contributed by atoms with Gasteiger partial charge in [0, 0.05) is 26.6 Å². The van der Waals surface area contributed by atoms with Gasteiger partial charge in [0.05, 0.1) is 4.99 Å². The van der Waals surface area contributed by atoms with E-state index in [1.54, 1.807) is 4.90 Å². The Hall–Kier alpha value is -1.46. The SMILES string of the molecule is COCC(=O)N(CCC(N)=S)Cc1ccccc1. The third-order valence-electron chi connectivity index (χ3n) is 2.46. The van der Waals surface area contributed by atoms with Crippen LogP contribution in [-0.2, 0) is 16.1 Å². The number of benzene rings is 1. The number of amides is 1. The molecule has 0 spiro atoms. The summed E-state index contributed by atoms with van der Waals surface area (Å²) in [5, 5.41) is 0. The molecule has 0 atom stereocenters. The first-order valence-corrected chi connectivity index (χ1v) is 6.13. The zero-order chi connectivity index (χ0) is 13.4. The van der Waals surface area contributed by atoms with Crippen LogP contribution in [0.3, 0.4) is 0 Å². The van der Waals surface area contributed by atoms with E-state index in [4.69, 9.17) is 22.7 Å². The van der Waals surface area contributed by atoms with Crippen molar-refractivity contribution >= 4 is 23.1 Å². The smallest absolute Gasteiger partial charge is 0.248 e. The molecular weight excluding hydrogens is 248 g/mol. The van der Waals surface area contributed by atoms with E-state index in [1.165, 1.54) is 7.11 Å². The summed E-state index contributed by atoms with van der Waals surface area (Å²) >= 11 is 4.84. The summed E-state index contributed by atoms with van der Waals surface area (Å²) in [7, 11) is 1.51. The molecule has 0 heterocycles. The van der Waals surface area contributed by atoms with Gasteiger partial charge in [-0.1, -0.05) is 42.5 Å². The van der Waals surface area contributed by atoms with E-state index >= 15 is 0 Å². The van der Waals surface area contributed by atoms with Crippen molar-refractivity contribution in [2.75, 3.05) is 20.3 Å². The molecule has 0 unspecified atom stereocenters. The van der Waals surface area contributed by atoms with Gasteiger partial charge in [-0.3, -0.25) is 4.79 Å². The van der Waals surface area contributed by atoms with Crippen molar-refractivity contribution in [2.45, 2.75) is 13.0 Å². The van der Waals surface area contributed by atoms with Gasteiger partial charge in [0.25, 0.3) is 0 Å². The Balaban J connectivity index is 2.64. The fourth-order valence-electron chi connectivity index (χ4n) is 1.56. The Kier molecular flexibility index (Phi) is 6.32. The lowest BCUT2D eigenvalue weighted by molar-refractivity contribution is -0.135. The molecule has 98 valence electrons. The maximum absolute atomic E-state index is 11.9. The van der Waals surface area contributed by atoms with Crippen LogP contribution < -0.4 is 5.73 Å². The van der Waals surface area contributed by atoms with E-state index in [9.17, 15) is 4.79 Å². The van der Waals surface area contributed by atoms with E-state index in [-0.39, 0.29) is 12.5 Å². The molecule has 1 aromatic carbocycles. The number of hydrogen-bond donors (Lipinski definition) is 1. The zero-order valence-electron chi connectivity index (χ0n) is 10.5. The molecule has 0 bridgehead atoms. The molecule has 0 aliphatic heterocycles. The highest BCUT2D eigenvalue weighted by molar-refractivity contribution is 7.80. The Morgan fingerprint density at radius 1 is 1.39 bits per heavy atom. The third-order valence-corrected chi connectivity index (χ3v) is 2.67. The van der Waals surface area contributed by atoms with Crippen molar-refractivity contribution in [3.63, 3.8) is 0 Å². The maximum atomic E-state index is 11.9. The first-order valence-electron chi connectivity index (χ1n) is 5.72. The molecule has 0 fully saturated rings. The first kappa shape index (κ1) is 14.6. The van der Waals surface area contributed by atoms with E-state index < -0.39 is 0 Å². The molecule has 18 heavy (non-hydrogen) atoms. The molecular formula is C13H18N2O2S. The van der Waals surface area contributed by atoms with Gasteiger partial charge in [0.2, 0.25) is 5.91 Å². The molecule has 0 radical (unpaired) electrons. The van der Waals surface area contributed by atoms with E-state index in [0.717, 1.165) is 5.56 Å². The Labute approximate surface area is 113 Å². The summed E-state index contributed by atoms with van der Waals surface area (Å²) in [6.45, 7) is 1.14. The van der Waals surface area contributed by atoms with Crippen LogP contribution in [0.2, 0.25) is 0 Å². The summed E-state index contributed by atoms with van der Waals surface area (Å²) in [5.41, 5.74) is 6.54. The quantitative estimate of drug-likeness (QED) is 0.757. The second-order valence-electron chi connectivity index (χ2n) is 3.95. The topological polar surface area (TPSA) is 55.6 Å². The molecule has 0 aliphatic carbocycles. The first-order chi connectivity index (χ1) is 8.63. The highest BCUT2D eigenvalue weighted by Gasteiger charge is 2.13. The molecule has 2 N–H and O–H groups in total. The minimum Gasteiger partial charge on any atom is -0.393 e. The molecule has 4 nitrogen and oxygen atoms in total. The molecule has 0 saturated heterocycles. The van der Waals surface area contributed by atoms with Crippen LogP contribution in [0.5, 0.6) is 0 Å². The highest BCUT2D eigenvalue weighted by atomic mass is 32.1. The van der Waals surface area contributed by atoms with Crippen molar-refractivity contribution in [3.8, 4) is 0 Å². The average Bonchev–Trinajstić information content (AvgIpc) is 2.35. The summed E-state index contributed by atoms with van der Waals surface area (Å²) in [5.74, 6) is -0.0578. The molecule has 1 amide bonds. The summed E-state index contributed by atoms with van der Waals surface area (Å²) in [6.07, 6.45) is 0.525. The standard InChI is InChI=1S/C13H18N2O2S/c1-17-10-13(16)15(8-7-12(14)18)9-11-5-3-2-4-6-11/h2-6H,7-10H2,1H3,(H2,14,18). The second-order valence-corrected chi connectivity index (χ2v) is 4.47. The van der Waals surface area contributed by atoms with Crippen LogP contribution in [-0.4, -0.2) is 36.1 Å². The van der Waals surface area contributed by atoms with Gasteiger partial charge in [-0.2, -0.15) is 0 Å². The Bertz CT molecular complexity index is 395. The predicted molar refractivity (Wildman–Crippen MR) is 75.1 cm³/mol. The fourth-order valence-corrected chi connectivity index (χ4v) is 1.65. The van der Waals surface area contributed by atoms with Gasteiger partial charge < -0.3 is 15.4 Å². The number of hydrogen-bond acceptors (Lipinski definition) is 3. The molecule has 0 aliphatic rings.